The van der Waals surface area contributed by atoms with Crippen LogP contribution in [0, 0.1) is 19.8 Å². The summed E-state index contributed by atoms with van der Waals surface area (Å²) in [6.07, 6.45) is 0. The van der Waals surface area contributed by atoms with E-state index in [4.69, 9.17) is 0 Å². The average molecular weight is 290 g/mol. The van der Waals surface area contributed by atoms with E-state index in [1.54, 1.807) is 11.9 Å². The Balaban J connectivity index is 2.54. The lowest BCUT2D eigenvalue weighted by Crippen LogP contribution is -2.38. The number of rotatable bonds is 7. The topological polar surface area (TPSA) is 49.4 Å². The summed E-state index contributed by atoms with van der Waals surface area (Å²) in [5.74, 6) is 0.436. The largest absolute Gasteiger partial charge is 0.355 e. The monoisotopic (exact) mass is 290 g/mol. The van der Waals surface area contributed by atoms with E-state index in [2.05, 4.69) is 5.32 Å². The number of ketones is 1. The lowest BCUT2D eigenvalue weighted by Gasteiger charge is -2.17. The number of hydrogen-bond donors (Lipinski definition) is 1. The SMILES string of the molecule is Cc1ccc(C)c(C(=O)CN(C)CC(=O)NCC(C)C)c1. The summed E-state index contributed by atoms with van der Waals surface area (Å²) >= 11 is 0. The van der Waals surface area contributed by atoms with E-state index in [9.17, 15) is 9.59 Å². The summed E-state index contributed by atoms with van der Waals surface area (Å²) in [5, 5.41) is 2.85. The van der Waals surface area contributed by atoms with Gasteiger partial charge in [0.25, 0.3) is 0 Å². The predicted octanol–water partition coefficient (Wildman–Crippen LogP) is 2.19. The lowest BCUT2D eigenvalue weighted by atomic mass is 10.0. The van der Waals surface area contributed by atoms with Crippen LogP contribution >= 0.6 is 0 Å². The third kappa shape index (κ3) is 6.08. The molecule has 0 aliphatic heterocycles. The van der Waals surface area contributed by atoms with Gasteiger partial charge in [0.15, 0.2) is 5.78 Å². The van der Waals surface area contributed by atoms with E-state index in [-0.39, 0.29) is 24.8 Å². The molecule has 0 radical (unpaired) electrons. The van der Waals surface area contributed by atoms with Crippen LogP contribution in [-0.4, -0.2) is 43.3 Å². The third-order valence-electron chi connectivity index (χ3n) is 3.23. The first kappa shape index (κ1) is 17.4. The van der Waals surface area contributed by atoms with E-state index in [1.807, 2.05) is 45.9 Å². The molecule has 1 amide bonds. The first-order valence-corrected chi connectivity index (χ1v) is 7.35. The molecule has 4 nitrogen and oxygen atoms in total. The maximum atomic E-state index is 12.3. The standard InChI is InChI=1S/C17H26N2O2/c1-12(2)9-18-17(21)11-19(5)10-16(20)15-8-13(3)6-7-14(15)4/h6-8,12H,9-11H2,1-5H3,(H,18,21). The van der Waals surface area contributed by atoms with E-state index >= 15 is 0 Å². The number of hydrogen-bond acceptors (Lipinski definition) is 3. The second-order valence-electron chi connectivity index (χ2n) is 6.11. The van der Waals surface area contributed by atoms with Gasteiger partial charge in [-0.3, -0.25) is 14.5 Å². The van der Waals surface area contributed by atoms with Crippen LogP contribution in [0.4, 0.5) is 0 Å². The smallest absolute Gasteiger partial charge is 0.234 e. The summed E-state index contributed by atoms with van der Waals surface area (Å²) in [6.45, 7) is 9.16. The highest BCUT2D eigenvalue weighted by molar-refractivity contribution is 5.99. The van der Waals surface area contributed by atoms with Gasteiger partial charge in [0.05, 0.1) is 13.1 Å². The molecule has 0 aromatic heterocycles. The molecule has 1 N–H and O–H groups in total. The summed E-state index contributed by atoms with van der Waals surface area (Å²) in [4.78, 5) is 25.8. The molecular formula is C17H26N2O2. The number of nitrogens with zero attached hydrogens (tertiary/aromatic N) is 1. The summed E-state index contributed by atoms with van der Waals surface area (Å²) < 4.78 is 0. The molecule has 0 fully saturated rings. The fourth-order valence-electron chi connectivity index (χ4n) is 2.04. The highest BCUT2D eigenvalue weighted by atomic mass is 16.2. The van der Waals surface area contributed by atoms with Crippen molar-refractivity contribution in [1.29, 1.82) is 0 Å². The predicted molar refractivity (Wildman–Crippen MR) is 85.6 cm³/mol. The first-order chi connectivity index (χ1) is 9.79. The molecule has 0 saturated carbocycles. The number of amides is 1. The van der Waals surface area contributed by atoms with Gasteiger partial charge in [-0.25, -0.2) is 0 Å². The molecule has 0 aliphatic rings. The van der Waals surface area contributed by atoms with Crippen LogP contribution in [0.25, 0.3) is 0 Å². The highest BCUT2D eigenvalue weighted by Gasteiger charge is 2.14. The van der Waals surface area contributed by atoms with Crippen molar-refractivity contribution in [2.75, 3.05) is 26.7 Å². The van der Waals surface area contributed by atoms with Gasteiger partial charge in [-0.2, -0.15) is 0 Å². The molecule has 0 atom stereocenters. The summed E-state index contributed by atoms with van der Waals surface area (Å²) in [5.41, 5.74) is 2.79. The van der Waals surface area contributed by atoms with E-state index < -0.39 is 0 Å². The Morgan fingerprint density at radius 1 is 1.19 bits per heavy atom. The van der Waals surface area contributed by atoms with Crippen LogP contribution in [0.2, 0.25) is 0 Å². The van der Waals surface area contributed by atoms with Crippen molar-refractivity contribution >= 4 is 11.7 Å². The Labute approximate surface area is 127 Å². The molecule has 4 heteroatoms. The van der Waals surface area contributed by atoms with Crippen molar-refractivity contribution in [3.05, 3.63) is 34.9 Å². The molecule has 116 valence electrons. The lowest BCUT2D eigenvalue weighted by molar-refractivity contribution is -0.121. The number of nitrogens with one attached hydrogen (secondary N) is 1. The molecule has 0 aliphatic carbocycles. The molecule has 1 aromatic rings. The van der Waals surface area contributed by atoms with Gasteiger partial charge in [-0.15, -0.1) is 0 Å². The van der Waals surface area contributed by atoms with Crippen molar-refractivity contribution in [2.45, 2.75) is 27.7 Å². The van der Waals surface area contributed by atoms with Gasteiger partial charge in [0.1, 0.15) is 0 Å². The quantitative estimate of drug-likeness (QED) is 0.783. The molecule has 21 heavy (non-hydrogen) atoms. The molecular weight excluding hydrogens is 264 g/mol. The van der Waals surface area contributed by atoms with Gasteiger partial charge < -0.3 is 5.32 Å². The number of benzene rings is 1. The highest BCUT2D eigenvalue weighted by Crippen LogP contribution is 2.11. The van der Waals surface area contributed by atoms with Crippen molar-refractivity contribution in [1.82, 2.24) is 10.2 Å². The zero-order valence-electron chi connectivity index (χ0n) is 13.7. The maximum absolute atomic E-state index is 12.3. The number of carbonyl (C=O) groups excluding carboxylic acids is 2. The second kappa shape index (κ2) is 7.93. The Kier molecular flexibility index (Phi) is 6.56. The molecule has 0 unspecified atom stereocenters. The maximum Gasteiger partial charge on any atom is 0.234 e. The van der Waals surface area contributed by atoms with Gasteiger partial charge in [-0.05, 0) is 38.4 Å². The molecule has 0 bridgehead atoms. The Morgan fingerprint density at radius 2 is 1.86 bits per heavy atom. The average Bonchev–Trinajstić information content (AvgIpc) is 2.38. The van der Waals surface area contributed by atoms with Crippen LogP contribution in [0.15, 0.2) is 18.2 Å². The number of likely N-dealkylation sites (N-methyl/N-ethyl adjacent to an activating group) is 1. The minimum absolute atomic E-state index is 0.0417. The normalized spacial score (nSPS) is 11.0. The zero-order valence-corrected chi connectivity index (χ0v) is 13.7. The summed E-state index contributed by atoms with van der Waals surface area (Å²) in [6, 6.07) is 5.86. The van der Waals surface area contributed by atoms with Crippen LogP contribution in [0.3, 0.4) is 0 Å². The van der Waals surface area contributed by atoms with Gasteiger partial charge in [0.2, 0.25) is 5.91 Å². The van der Waals surface area contributed by atoms with Crippen molar-refractivity contribution in [3.8, 4) is 0 Å². The van der Waals surface area contributed by atoms with Gasteiger partial charge in [0, 0.05) is 12.1 Å². The fourth-order valence-corrected chi connectivity index (χ4v) is 2.04. The Hall–Kier alpha value is -1.68. The number of Topliss-reactive ketones (excluding diaryl/α,β-unsaturated/α-hetero) is 1. The molecule has 0 spiro atoms. The van der Waals surface area contributed by atoms with E-state index in [0.717, 1.165) is 16.7 Å². The van der Waals surface area contributed by atoms with Crippen LogP contribution in [0.1, 0.15) is 35.3 Å². The van der Waals surface area contributed by atoms with E-state index in [0.29, 0.717) is 12.5 Å². The minimum Gasteiger partial charge on any atom is -0.355 e. The molecule has 0 saturated heterocycles. The Bertz CT molecular complexity index is 510. The van der Waals surface area contributed by atoms with E-state index in [1.165, 1.54) is 0 Å². The first-order valence-electron chi connectivity index (χ1n) is 7.35. The van der Waals surface area contributed by atoms with Gasteiger partial charge >= 0.3 is 0 Å². The van der Waals surface area contributed by atoms with Crippen LogP contribution < -0.4 is 5.32 Å². The third-order valence-corrected chi connectivity index (χ3v) is 3.23. The fraction of sp³-hybridized carbons (Fsp3) is 0.529. The van der Waals surface area contributed by atoms with Crippen molar-refractivity contribution < 1.29 is 9.59 Å². The molecule has 1 rings (SSSR count). The van der Waals surface area contributed by atoms with Crippen LogP contribution in [0.5, 0.6) is 0 Å². The van der Waals surface area contributed by atoms with Crippen LogP contribution in [-0.2, 0) is 4.79 Å². The number of aryl methyl sites for hydroxylation is 2. The van der Waals surface area contributed by atoms with Crippen molar-refractivity contribution in [3.63, 3.8) is 0 Å². The minimum atomic E-state index is -0.0417. The summed E-state index contributed by atoms with van der Waals surface area (Å²) in [7, 11) is 1.79. The molecule has 1 aromatic carbocycles. The zero-order chi connectivity index (χ0) is 16.0. The van der Waals surface area contributed by atoms with Gasteiger partial charge in [-0.1, -0.05) is 31.5 Å². The second-order valence-corrected chi connectivity index (χ2v) is 6.11. The Morgan fingerprint density at radius 3 is 2.48 bits per heavy atom. The molecule has 0 heterocycles. The number of carbonyl (C=O) groups is 2. The van der Waals surface area contributed by atoms with Crippen molar-refractivity contribution in [2.24, 2.45) is 5.92 Å².